The molecule has 4 N–H and O–H groups in total. The molecule has 4 unspecified atom stereocenters. The average Bonchev–Trinajstić information content (AvgIpc) is 2.59. The summed E-state index contributed by atoms with van der Waals surface area (Å²) < 4.78 is 10.4. The predicted molar refractivity (Wildman–Crippen MR) is 95.0 cm³/mol. The normalized spacial score (nSPS) is 29.8. The minimum atomic E-state index is -1.35. The lowest BCUT2D eigenvalue weighted by molar-refractivity contribution is -0.0394. The number of methoxy groups -OCH3 is 1. The molecule has 7 nitrogen and oxygen atoms in total. The van der Waals surface area contributed by atoms with Gasteiger partial charge in [-0.2, -0.15) is 0 Å². The summed E-state index contributed by atoms with van der Waals surface area (Å²) in [6.07, 6.45) is 2.00. The zero-order chi connectivity index (χ0) is 19.3. The van der Waals surface area contributed by atoms with Crippen LogP contribution < -0.4 is 4.74 Å². The Labute approximate surface area is 151 Å². The van der Waals surface area contributed by atoms with Gasteiger partial charge in [-0.15, -0.1) is 0 Å². The van der Waals surface area contributed by atoms with Gasteiger partial charge in [-0.1, -0.05) is 24.3 Å². The third-order valence-electron chi connectivity index (χ3n) is 4.09. The van der Waals surface area contributed by atoms with E-state index in [1.165, 1.54) is 31.4 Å². The van der Waals surface area contributed by atoms with Crippen molar-refractivity contribution in [2.45, 2.75) is 44.2 Å². The van der Waals surface area contributed by atoms with Crippen molar-refractivity contribution in [3.63, 3.8) is 0 Å². The van der Waals surface area contributed by atoms with Gasteiger partial charge >= 0.3 is 5.97 Å². The van der Waals surface area contributed by atoms with Crippen molar-refractivity contribution in [3.05, 3.63) is 41.5 Å². The number of phenolic OH excluding ortho intramolecular Hbond substituents is 1. The van der Waals surface area contributed by atoms with Crippen LogP contribution in [0.4, 0.5) is 0 Å². The number of ether oxygens (including phenoxy) is 2. The number of aliphatic hydroxyl groups excluding tert-OH is 3. The van der Waals surface area contributed by atoms with Gasteiger partial charge in [0.15, 0.2) is 0 Å². The summed E-state index contributed by atoms with van der Waals surface area (Å²) in [6, 6.07) is 2.87. The van der Waals surface area contributed by atoms with E-state index in [9.17, 15) is 25.2 Å². The molecule has 142 valence electrons. The summed E-state index contributed by atoms with van der Waals surface area (Å²) in [4.78, 5) is 12.5. The molecular formula is C19H24O7. The number of carbonyl (C=O) groups excluding carboxylic acids is 1. The topological polar surface area (TPSA) is 116 Å². The van der Waals surface area contributed by atoms with Gasteiger partial charge in [-0.3, -0.25) is 0 Å². The van der Waals surface area contributed by atoms with Crippen molar-refractivity contribution >= 4 is 12.0 Å². The molecule has 1 aliphatic heterocycles. The summed E-state index contributed by atoms with van der Waals surface area (Å²) >= 11 is 0. The van der Waals surface area contributed by atoms with Crippen LogP contribution in [0.3, 0.4) is 0 Å². The third-order valence-corrected chi connectivity index (χ3v) is 4.09. The maximum absolute atomic E-state index is 12.5. The molecule has 0 spiro atoms. The van der Waals surface area contributed by atoms with Gasteiger partial charge in [-0.05, 0) is 25.0 Å². The number of phenols is 1. The van der Waals surface area contributed by atoms with Crippen molar-refractivity contribution in [3.8, 4) is 11.5 Å². The second-order valence-corrected chi connectivity index (χ2v) is 6.18. The van der Waals surface area contributed by atoms with E-state index >= 15 is 0 Å². The molecule has 1 aliphatic rings. The molecule has 1 aromatic carbocycles. The van der Waals surface area contributed by atoms with Crippen LogP contribution in [0.25, 0.3) is 6.08 Å². The summed E-state index contributed by atoms with van der Waals surface area (Å²) in [7, 11) is 1.43. The second-order valence-electron chi connectivity index (χ2n) is 6.18. The zero-order valence-electron chi connectivity index (χ0n) is 14.7. The number of hydrogen-bond acceptors (Lipinski definition) is 7. The molecule has 0 aromatic heterocycles. The maximum Gasteiger partial charge on any atom is 0.342 e. The first-order chi connectivity index (χ1) is 12.3. The number of fused-ring (bicyclic) bond motifs is 1. The van der Waals surface area contributed by atoms with E-state index in [1.54, 1.807) is 19.1 Å². The first kappa shape index (κ1) is 20.0. The number of esters is 1. The third kappa shape index (κ3) is 4.85. The highest BCUT2D eigenvalue weighted by molar-refractivity contribution is 5.97. The van der Waals surface area contributed by atoms with Gasteiger partial charge in [-0.25, -0.2) is 4.79 Å². The van der Waals surface area contributed by atoms with Crippen molar-refractivity contribution < 1.29 is 34.7 Å². The van der Waals surface area contributed by atoms with Gasteiger partial charge in [0.05, 0.1) is 13.2 Å². The zero-order valence-corrected chi connectivity index (χ0v) is 14.7. The number of benzene rings is 1. The molecule has 0 amide bonds. The molecule has 0 fully saturated rings. The van der Waals surface area contributed by atoms with Crippen molar-refractivity contribution in [1.82, 2.24) is 0 Å². The Morgan fingerprint density at radius 3 is 2.58 bits per heavy atom. The Morgan fingerprint density at radius 1 is 1.15 bits per heavy atom. The first-order valence-electron chi connectivity index (χ1n) is 8.32. The van der Waals surface area contributed by atoms with Crippen molar-refractivity contribution in [2.75, 3.05) is 7.11 Å². The lowest BCUT2D eigenvalue weighted by Crippen LogP contribution is -2.35. The number of cyclic esters (lactones) is 1. The molecule has 0 saturated carbocycles. The summed E-state index contributed by atoms with van der Waals surface area (Å²) in [5.41, 5.74) is 0.346. The monoisotopic (exact) mass is 364 g/mol. The van der Waals surface area contributed by atoms with Crippen LogP contribution in [0, 0.1) is 0 Å². The van der Waals surface area contributed by atoms with Gasteiger partial charge < -0.3 is 29.9 Å². The molecule has 2 rings (SSSR count). The van der Waals surface area contributed by atoms with Crippen LogP contribution in [0.2, 0.25) is 0 Å². The molecule has 4 atom stereocenters. The maximum atomic E-state index is 12.5. The lowest BCUT2D eigenvalue weighted by Gasteiger charge is -2.20. The molecule has 26 heavy (non-hydrogen) atoms. The van der Waals surface area contributed by atoms with E-state index in [2.05, 4.69) is 0 Å². The van der Waals surface area contributed by atoms with E-state index in [1.807, 2.05) is 0 Å². The van der Waals surface area contributed by atoms with Crippen LogP contribution in [0.15, 0.2) is 30.4 Å². The van der Waals surface area contributed by atoms with Crippen LogP contribution in [-0.4, -0.2) is 57.9 Å². The fourth-order valence-corrected chi connectivity index (χ4v) is 2.61. The Bertz CT molecular complexity index is 695. The SMILES string of the molecule is COc1cc(O)c2c(c1)/C=C/CC(O)C(O)C(O)/C=C\CC(C)OC2=O. The van der Waals surface area contributed by atoms with E-state index in [0.29, 0.717) is 17.7 Å². The minimum Gasteiger partial charge on any atom is -0.507 e. The second kappa shape index (κ2) is 8.84. The molecule has 0 aliphatic carbocycles. The lowest BCUT2D eigenvalue weighted by atomic mass is 10.0. The molecule has 1 aromatic rings. The highest BCUT2D eigenvalue weighted by Gasteiger charge is 2.23. The highest BCUT2D eigenvalue weighted by atomic mass is 16.5. The Kier molecular flexibility index (Phi) is 6.79. The molecule has 1 heterocycles. The van der Waals surface area contributed by atoms with Crippen LogP contribution in [0.1, 0.15) is 35.7 Å². The minimum absolute atomic E-state index is 0.00925. The predicted octanol–water partition coefficient (Wildman–Crippen LogP) is 1.39. The van der Waals surface area contributed by atoms with E-state index < -0.39 is 30.4 Å². The van der Waals surface area contributed by atoms with E-state index in [4.69, 9.17) is 9.47 Å². The Morgan fingerprint density at radius 2 is 1.88 bits per heavy atom. The van der Waals surface area contributed by atoms with Gasteiger partial charge in [0.2, 0.25) is 0 Å². The van der Waals surface area contributed by atoms with Gasteiger partial charge in [0.25, 0.3) is 0 Å². The quantitative estimate of drug-likeness (QED) is 0.439. The summed E-state index contributed by atoms with van der Waals surface area (Å²) in [6.45, 7) is 1.67. The van der Waals surface area contributed by atoms with Crippen molar-refractivity contribution in [2.24, 2.45) is 0 Å². The van der Waals surface area contributed by atoms with Crippen LogP contribution in [0.5, 0.6) is 11.5 Å². The van der Waals surface area contributed by atoms with E-state index in [-0.39, 0.29) is 17.7 Å². The number of aromatic hydroxyl groups is 1. The van der Waals surface area contributed by atoms with Crippen LogP contribution >= 0.6 is 0 Å². The number of rotatable bonds is 1. The molecule has 0 saturated heterocycles. The largest absolute Gasteiger partial charge is 0.507 e. The van der Waals surface area contributed by atoms with Gasteiger partial charge in [0, 0.05) is 12.5 Å². The molecular weight excluding hydrogens is 340 g/mol. The number of carbonyl (C=O) groups is 1. The van der Waals surface area contributed by atoms with Crippen molar-refractivity contribution in [1.29, 1.82) is 0 Å². The molecule has 7 heteroatoms. The fraction of sp³-hybridized carbons (Fsp3) is 0.421. The average molecular weight is 364 g/mol. The van der Waals surface area contributed by atoms with Crippen LogP contribution in [-0.2, 0) is 4.74 Å². The summed E-state index contributed by atoms with van der Waals surface area (Å²) in [5, 5.41) is 40.0. The first-order valence-corrected chi connectivity index (χ1v) is 8.32. The van der Waals surface area contributed by atoms with Gasteiger partial charge in [0.1, 0.15) is 35.4 Å². The smallest absolute Gasteiger partial charge is 0.342 e. The number of aliphatic hydroxyl groups is 3. The van der Waals surface area contributed by atoms with E-state index in [0.717, 1.165) is 0 Å². The summed E-state index contributed by atoms with van der Waals surface area (Å²) in [5.74, 6) is -0.615. The molecule has 0 bridgehead atoms. The highest BCUT2D eigenvalue weighted by Crippen LogP contribution is 2.30. The Balaban J connectivity index is 2.44. The number of hydrogen-bond donors (Lipinski definition) is 4. The fourth-order valence-electron chi connectivity index (χ4n) is 2.61. The Hall–Kier alpha value is -2.35. The standard InChI is InChI=1S/C19H24O7/c1-11-5-3-7-14(20)18(23)15(21)8-4-6-12-9-13(25-2)10-16(22)17(12)19(24)26-11/h3-4,6-7,9-11,14-15,18,20-23H,5,8H2,1-2H3/b6-4+,7-3-. The molecule has 0 radical (unpaired) electrons.